The van der Waals surface area contributed by atoms with Gasteiger partial charge in [-0.1, -0.05) is 11.6 Å². The molecule has 0 heterocycles. The van der Waals surface area contributed by atoms with Gasteiger partial charge in [0.2, 0.25) is 10.0 Å². The molecule has 6 heteroatoms. The number of rotatable bonds is 6. The van der Waals surface area contributed by atoms with Crippen LogP contribution in [0.5, 0.6) is 0 Å². The van der Waals surface area contributed by atoms with Crippen LogP contribution in [0.25, 0.3) is 0 Å². The van der Waals surface area contributed by atoms with Gasteiger partial charge in [-0.05, 0) is 57.4 Å². The normalized spacial score (nSPS) is 15.6. The molecule has 0 spiro atoms. The van der Waals surface area contributed by atoms with Crippen molar-refractivity contribution < 1.29 is 8.42 Å². The Hall–Kier alpha value is -1.53. The van der Waals surface area contributed by atoms with Crippen LogP contribution in [0.15, 0.2) is 34.7 Å². The van der Waals surface area contributed by atoms with Crippen LogP contribution in [-0.2, 0) is 10.0 Å². The zero-order valence-electron chi connectivity index (χ0n) is 12.4. The van der Waals surface area contributed by atoms with Gasteiger partial charge in [0, 0.05) is 12.2 Å². The predicted octanol–water partition coefficient (Wildman–Crippen LogP) is 2.48. The Morgan fingerprint density at radius 3 is 2.76 bits per heavy atom. The summed E-state index contributed by atoms with van der Waals surface area (Å²) in [6.45, 7) is 0.724. The van der Waals surface area contributed by atoms with Crippen molar-refractivity contribution in [2.24, 2.45) is 0 Å². The number of hydrogen-bond donors (Lipinski definition) is 3. The van der Waals surface area contributed by atoms with Crippen LogP contribution in [-0.4, -0.2) is 22.0 Å². The van der Waals surface area contributed by atoms with E-state index in [0.717, 1.165) is 25.8 Å². The Balaban J connectivity index is 2.07. The number of allylic oxidation sites excluding steroid dienone is 1. The molecule has 4 N–H and O–H groups in total. The van der Waals surface area contributed by atoms with Gasteiger partial charge in [-0.25, -0.2) is 13.1 Å². The van der Waals surface area contributed by atoms with Crippen molar-refractivity contribution in [3.8, 4) is 0 Å². The smallest absolute Gasteiger partial charge is 0.242 e. The van der Waals surface area contributed by atoms with Crippen LogP contribution in [0.3, 0.4) is 0 Å². The van der Waals surface area contributed by atoms with E-state index in [4.69, 9.17) is 5.73 Å². The molecule has 0 atom stereocenters. The topological polar surface area (TPSA) is 84.2 Å². The Morgan fingerprint density at radius 2 is 2.10 bits per heavy atom. The largest absolute Gasteiger partial charge is 0.399 e. The van der Waals surface area contributed by atoms with Crippen molar-refractivity contribution in [1.29, 1.82) is 0 Å². The number of nitrogens with two attached hydrogens (primary N) is 1. The lowest BCUT2D eigenvalue weighted by Gasteiger charge is -2.15. The summed E-state index contributed by atoms with van der Waals surface area (Å²) in [4.78, 5) is 0.197. The Morgan fingerprint density at radius 1 is 1.29 bits per heavy atom. The second-order valence-electron chi connectivity index (χ2n) is 5.25. The fourth-order valence-electron chi connectivity index (χ4n) is 2.51. The molecule has 0 fully saturated rings. The molecule has 0 saturated carbocycles. The third-order valence-electron chi connectivity index (χ3n) is 3.71. The van der Waals surface area contributed by atoms with Gasteiger partial charge in [-0.15, -0.1) is 0 Å². The van der Waals surface area contributed by atoms with Gasteiger partial charge < -0.3 is 11.1 Å². The number of hydrogen-bond acceptors (Lipinski definition) is 4. The molecule has 5 nitrogen and oxygen atoms in total. The minimum absolute atomic E-state index is 0.197. The Kier molecular flexibility index (Phi) is 5.25. The number of nitrogens with one attached hydrogen (secondary N) is 2. The summed E-state index contributed by atoms with van der Waals surface area (Å²) in [6, 6.07) is 4.90. The van der Waals surface area contributed by atoms with Gasteiger partial charge in [0.1, 0.15) is 4.90 Å². The van der Waals surface area contributed by atoms with Crippen LogP contribution < -0.4 is 15.8 Å². The molecule has 21 heavy (non-hydrogen) atoms. The van der Waals surface area contributed by atoms with E-state index in [1.807, 2.05) is 0 Å². The van der Waals surface area contributed by atoms with Gasteiger partial charge in [0.05, 0.1) is 5.69 Å². The lowest BCUT2D eigenvalue weighted by molar-refractivity contribution is 0.588. The van der Waals surface area contributed by atoms with Crippen molar-refractivity contribution in [1.82, 2.24) is 4.72 Å². The molecule has 0 saturated heterocycles. The molecule has 0 aliphatic heterocycles. The molecule has 0 amide bonds. The zero-order chi connectivity index (χ0) is 15.3. The first kappa shape index (κ1) is 15.9. The highest BCUT2D eigenvalue weighted by molar-refractivity contribution is 7.89. The van der Waals surface area contributed by atoms with E-state index in [-0.39, 0.29) is 4.90 Å². The molecular formula is C15H23N3O2S. The van der Waals surface area contributed by atoms with Crippen molar-refractivity contribution in [3.63, 3.8) is 0 Å². The van der Waals surface area contributed by atoms with Gasteiger partial charge in [-0.3, -0.25) is 0 Å². The highest BCUT2D eigenvalue weighted by Gasteiger charge is 2.17. The molecule has 1 aliphatic rings. The Bertz CT molecular complexity index is 624. The first-order chi connectivity index (χ1) is 10.0. The first-order valence-corrected chi connectivity index (χ1v) is 8.76. The highest BCUT2D eigenvalue weighted by Crippen LogP contribution is 2.25. The average molecular weight is 309 g/mol. The minimum Gasteiger partial charge on any atom is -0.399 e. The van der Waals surface area contributed by atoms with E-state index in [0.29, 0.717) is 11.4 Å². The molecule has 1 aromatic carbocycles. The number of sulfonamides is 1. The first-order valence-electron chi connectivity index (χ1n) is 7.28. The summed E-state index contributed by atoms with van der Waals surface area (Å²) in [7, 11) is -2.12. The van der Waals surface area contributed by atoms with E-state index in [2.05, 4.69) is 16.1 Å². The third kappa shape index (κ3) is 4.22. The maximum atomic E-state index is 12.0. The lowest BCUT2D eigenvalue weighted by atomic mass is 9.97. The van der Waals surface area contributed by atoms with Crippen LogP contribution in [0.2, 0.25) is 0 Å². The quantitative estimate of drug-likeness (QED) is 0.557. The summed E-state index contributed by atoms with van der Waals surface area (Å²) in [5.41, 5.74) is 8.18. The van der Waals surface area contributed by atoms with Crippen molar-refractivity contribution in [3.05, 3.63) is 29.8 Å². The fraction of sp³-hybridized carbons (Fsp3) is 0.467. The van der Waals surface area contributed by atoms with Crippen LogP contribution in [0, 0.1) is 0 Å². The standard InChI is InChI=1S/C15H23N3O2S/c1-17-21(19,20)15-11-13(16)7-8-14(15)18-10-9-12-5-3-2-4-6-12/h5,7-8,11,17-18H,2-4,6,9-10,16H2,1H3. The molecule has 0 bridgehead atoms. The number of anilines is 2. The molecule has 0 unspecified atom stereocenters. The van der Waals surface area contributed by atoms with Gasteiger partial charge in [0.25, 0.3) is 0 Å². The zero-order valence-corrected chi connectivity index (χ0v) is 13.2. The molecule has 1 aromatic rings. The minimum atomic E-state index is -3.51. The lowest BCUT2D eigenvalue weighted by Crippen LogP contribution is -2.20. The third-order valence-corrected chi connectivity index (χ3v) is 5.16. The molecule has 0 radical (unpaired) electrons. The second-order valence-corrected chi connectivity index (χ2v) is 7.10. The highest BCUT2D eigenvalue weighted by atomic mass is 32.2. The van der Waals surface area contributed by atoms with Crippen molar-refractivity contribution in [2.75, 3.05) is 24.6 Å². The molecule has 116 valence electrons. The van der Waals surface area contributed by atoms with E-state index in [1.54, 1.807) is 12.1 Å². The van der Waals surface area contributed by atoms with E-state index >= 15 is 0 Å². The molecule has 1 aliphatic carbocycles. The van der Waals surface area contributed by atoms with Crippen molar-refractivity contribution >= 4 is 21.4 Å². The van der Waals surface area contributed by atoms with Gasteiger partial charge >= 0.3 is 0 Å². The molecule has 0 aromatic heterocycles. The van der Waals surface area contributed by atoms with Gasteiger partial charge in [-0.2, -0.15) is 0 Å². The van der Waals surface area contributed by atoms with E-state index < -0.39 is 10.0 Å². The maximum Gasteiger partial charge on any atom is 0.242 e. The molecular weight excluding hydrogens is 286 g/mol. The van der Waals surface area contributed by atoms with Crippen LogP contribution >= 0.6 is 0 Å². The van der Waals surface area contributed by atoms with Crippen LogP contribution in [0.1, 0.15) is 32.1 Å². The summed E-state index contributed by atoms with van der Waals surface area (Å²) in [5.74, 6) is 0. The van der Waals surface area contributed by atoms with Crippen molar-refractivity contribution in [2.45, 2.75) is 37.0 Å². The van der Waals surface area contributed by atoms with Crippen LogP contribution in [0.4, 0.5) is 11.4 Å². The SMILES string of the molecule is CNS(=O)(=O)c1cc(N)ccc1NCCC1=CCCCC1. The fourth-order valence-corrected chi connectivity index (χ4v) is 3.45. The second kappa shape index (κ2) is 6.95. The Labute approximate surface area is 126 Å². The summed E-state index contributed by atoms with van der Waals surface area (Å²) in [6.07, 6.45) is 8.11. The van der Waals surface area contributed by atoms with E-state index in [1.165, 1.54) is 31.5 Å². The predicted molar refractivity (Wildman–Crippen MR) is 86.8 cm³/mol. The average Bonchev–Trinajstić information content (AvgIpc) is 2.49. The van der Waals surface area contributed by atoms with Gasteiger partial charge in [0.15, 0.2) is 0 Å². The number of benzene rings is 1. The van der Waals surface area contributed by atoms with E-state index in [9.17, 15) is 8.42 Å². The molecule has 2 rings (SSSR count). The monoisotopic (exact) mass is 309 g/mol. The number of nitrogen functional groups attached to an aromatic ring is 1. The maximum absolute atomic E-state index is 12.0. The summed E-state index contributed by atoms with van der Waals surface area (Å²) < 4.78 is 26.4. The summed E-state index contributed by atoms with van der Waals surface area (Å²) >= 11 is 0. The summed E-state index contributed by atoms with van der Waals surface area (Å²) in [5, 5.41) is 3.21.